The van der Waals surface area contributed by atoms with Crippen molar-refractivity contribution in [3.63, 3.8) is 0 Å². The molecule has 0 spiro atoms. The molecule has 0 bridgehead atoms. The van der Waals surface area contributed by atoms with Crippen molar-refractivity contribution in [2.24, 2.45) is 0 Å². The zero-order chi connectivity index (χ0) is 9.42. The maximum atomic E-state index is 13.2. The number of carbonyl (C=O) groups excluding carboxylic acids is 1. The fourth-order valence-electron chi connectivity index (χ4n) is 1.21. The van der Waals surface area contributed by atoms with Crippen molar-refractivity contribution < 1.29 is 9.18 Å². The SMILES string of the molecule is O=C1CNc2c(F)cc(Cl)cc2N1. The minimum atomic E-state index is -0.456. The van der Waals surface area contributed by atoms with Crippen LogP contribution in [-0.2, 0) is 4.79 Å². The first kappa shape index (κ1) is 8.31. The van der Waals surface area contributed by atoms with Crippen LogP contribution in [0.1, 0.15) is 0 Å². The second-order valence-corrected chi connectivity index (χ2v) is 3.15. The Balaban J connectivity index is 2.53. The highest BCUT2D eigenvalue weighted by Gasteiger charge is 2.17. The molecule has 2 N–H and O–H groups in total. The minimum absolute atomic E-state index is 0.0888. The Kier molecular flexibility index (Phi) is 1.84. The number of fused-ring (bicyclic) bond motifs is 1. The van der Waals surface area contributed by atoms with E-state index in [0.717, 1.165) is 0 Å². The zero-order valence-electron chi connectivity index (χ0n) is 6.53. The molecular formula is C8H6ClFN2O. The van der Waals surface area contributed by atoms with Crippen molar-refractivity contribution in [1.82, 2.24) is 0 Å². The van der Waals surface area contributed by atoms with Gasteiger partial charge in [-0.15, -0.1) is 0 Å². The van der Waals surface area contributed by atoms with Gasteiger partial charge in [-0.1, -0.05) is 11.6 Å². The van der Waals surface area contributed by atoms with E-state index in [1.54, 1.807) is 0 Å². The van der Waals surface area contributed by atoms with Crippen LogP contribution in [-0.4, -0.2) is 12.5 Å². The Hall–Kier alpha value is -1.29. The molecule has 0 unspecified atom stereocenters. The second-order valence-electron chi connectivity index (χ2n) is 2.71. The van der Waals surface area contributed by atoms with Gasteiger partial charge in [-0.3, -0.25) is 4.79 Å². The Labute approximate surface area is 78.9 Å². The lowest BCUT2D eigenvalue weighted by Gasteiger charge is -2.19. The van der Waals surface area contributed by atoms with Gasteiger partial charge in [0.1, 0.15) is 5.82 Å². The van der Waals surface area contributed by atoms with E-state index >= 15 is 0 Å². The summed E-state index contributed by atoms with van der Waals surface area (Å²) in [5, 5.41) is 5.44. The van der Waals surface area contributed by atoms with Crippen molar-refractivity contribution in [2.45, 2.75) is 0 Å². The lowest BCUT2D eigenvalue weighted by molar-refractivity contribution is -0.114. The van der Waals surface area contributed by atoms with Gasteiger partial charge in [-0.05, 0) is 12.1 Å². The molecule has 5 heteroatoms. The average molecular weight is 201 g/mol. The Bertz CT molecular complexity index is 381. The molecule has 68 valence electrons. The quantitative estimate of drug-likeness (QED) is 0.671. The summed E-state index contributed by atoms with van der Waals surface area (Å²) in [5.74, 6) is -0.656. The molecule has 1 aromatic carbocycles. The van der Waals surface area contributed by atoms with Crippen LogP contribution in [0.25, 0.3) is 0 Å². The molecule has 1 aromatic rings. The van der Waals surface area contributed by atoms with E-state index in [1.807, 2.05) is 0 Å². The summed E-state index contributed by atoms with van der Waals surface area (Å²) < 4.78 is 13.2. The van der Waals surface area contributed by atoms with Gasteiger partial charge in [-0.2, -0.15) is 0 Å². The molecule has 0 saturated heterocycles. The van der Waals surface area contributed by atoms with Crippen LogP contribution in [0.15, 0.2) is 12.1 Å². The molecule has 1 aliphatic heterocycles. The van der Waals surface area contributed by atoms with Gasteiger partial charge in [0.15, 0.2) is 0 Å². The fourth-order valence-corrected chi connectivity index (χ4v) is 1.42. The molecule has 3 nitrogen and oxygen atoms in total. The van der Waals surface area contributed by atoms with Crippen LogP contribution in [0.2, 0.25) is 5.02 Å². The molecule has 0 aromatic heterocycles. The van der Waals surface area contributed by atoms with Crippen LogP contribution in [0.4, 0.5) is 15.8 Å². The second kappa shape index (κ2) is 2.88. The van der Waals surface area contributed by atoms with E-state index in [1.165, 1.54) is 12.1 Å². The summed E-state index contributed by atoms with van der Waals surface area (Å²) >= 11 is 5.61. The number of anilines is 2. The lowest BCUT2D eigenvalue weighted by atomic mass is 10.2. The summed E-state index contributed by atoms with van der Waals surface area (Å²) in [4.78, 5) is 10.9. The molecular weight excluding hydrogens is 195 g/mol. The molecule has 0 fully saturated rings. The number of rotatable bonds is 0. The van der Waals surface area contributed by atoms with E-state index in [9.17, 15) is 9.18 Å². The monoisotopic (exact) mass is 200 g/mol. The normalized spacial score (nSPS) is 14.5. The molecule has 1 aliphatic rings. The first-order chi connectivity index (χ1) is 6.16. The number of carbonyl (C=O) groups is 1. The number of hydrogen-bond acceptors (Lipinski definition) is 2. The molecule has 13 heavy (non-hydrogen) atoms. The Morgan fingerprint density at radius 2 is 2.23 bits per heavy atom. The highest BCUT2D eigenvalue weighted by Crippen LogP contribution is 2.30. The highest BCUT2D eigenvalue weighted by molar-refractivity contribution is 6.31. The van der Waals surface area contributed by atoms with Gasteiger partial charge in [0.05, 0.1) is 17.9 Å². The van der Waals surface area contributed by atoms with Crippen LogP contribution in [0.5, 0.6) is 0 Å². The first-order valence-electron chi connectivity index (χ1n) is 3.69. The topological polar surface area (TPSA) is 41.1 Å². The summed E-state index contributed by atoms with van der Waals surface area (Å²) in [7, 11) is 0. The third kappa shape index (κ3) is 1.45. The fraction of sp³-hybridized carbons (Fsp3) is 0.125. The smallest absolute Gasteiger partial charge is 0.243 e. The maximum Gasteiger partial charge on any atom is 0.243 e. The minimum Gasteiger partial charge on any atom is -0.372 e. The third-order valence-electron chi connectivity index (χ3n) is 1.75. The molecule has 1 amide bonds. The molecule has 2 rings (SSSR count). The van der Waals surface area contributed by atoms with E-state index in [0.29, 0.717) is 11.4 Å². The van der Waals surface area contributed by atoms with E-state index in [2.05, 4.69) is 10.6 Å². The molecule has 0 aliphatic carbocycles. The van der Waals surface area contributed by atoms with E-state index in [-0.39, 0.29) is 17.5 Å². The molecule has 1 heterocycles. The van der Waals surface area contributed by atoms with E-state index < -0.39 is 5.82 Å². The third-order valence-corrected chi connectivity index (χ3v) is 1.97. The Morgan fingerprint density at radius 1 is 1.46 bits per heavy atom. The average Bonchev–Trinajstić information content (AvgIpc) is 2.02. The van der Waals surface area contributed by atoms with Crippen LogP contribution < -0.4 is 10.6 Å². The number of amides is 1. The van der Waals surface area contributed by atoms with Crippen molar-refractivity contribution in [1.29, 1.82) is 0 Å². The maximum absolute atomic E-state index is 13.2. The summed E-state index contributed by atoms with van der Waals surface area (Å²) in [5.41, 5.74) is 0.685. The highest BCUT2D eigenvalue weighted by atomic mass is 35.5. The first-order valence-corrected chi connectivity index (χ1v) is 4.07. The van der Waals surface area contributed by atoms with Gasteiger partial charge in [0.25, 0.3) is 0 Å². The van der Waals surface area contributed by atoms with Crippen molar-refractivity contribution in [3.05, 3.63) is 23.0 Å². The van der Waals surface area contributed by atoms with Crippen molar-refractivity contribution in [3.8, 4) is 0 Å². The molecule has 0 radical (unpaired) electrons. The van der Waals surface area contributed by atoms with Gasteiger partial charge in [0.2, 0.25) is 5.91 Å². The van der Waals surface area contributed by atoms with Crippen molar-refractivity contribution in [2.75, 3.05) is 17.2 Å². The number of nitrogens with one attached hydrogen (secondary N) is 2. The largest absolute Gasteiger partial charge is 0.372 e. The predicted octanol–water partition coefficient (Wildman–Crippen LogP) is 1.84. The summed E-state index contributed by atoms with van der Waals surface area (Å²) in [6.07, 6.45) is 0. The summed E-state index contributed by atoms with van der Waals surface area (Å²) in [6.45, 7) is 0.0888. The standard InChI is InChI=1S/C8H6ClFN2O/c9-4-1-5(10)8-6(2-4)12-7(13)3-11-8/h1-2,11H,3H2,(H,12,13). The number of halogens is 2. The number of benzene rings is 1. The Morgan fingerprint density at radius 3 is 3.00 bits per heavy atom. The van der Waals surface area contributed by atoms with E-state index in [4.69, 9.17) is 11.6 Å². The van der Waals surface area contributed by atoms with Crippen molar-refractivity contribution >= 4 is 28.9 Å². The molecule has 0 saturated carbocycles. The zero-order valence-corrected chi connectivity index (χ0v) is 7.28. The van der Waals surface area contributed by atoms with Gasteiger partial charge in [0, 0.05) is 5.02 Å². The van der Waals surface area contributed by atoms with Gasteiger partial charge >= 0.3 is 0 Å². The van der Waals surface area contributed by atoms with Gasteiger partial charge in [-0.25, -0.2) is 4.39 Å². The van der Waals surface area contributed by atoms with Crippen LogP contribution >= 0.6 is 11.6 Å². The van der Waals surface area contributed by atoms with Gasteiger partial charge < -0.3 is 10.6 Å². The van der Waals surface area contributed by atoms with Crippen LogP contribution in [0.3, 0.4) is 0 Å². The predicted molar refractivity (Wildman–Crippen MR) is 48.5 cm³/mol. The number of hydrogen-bond donors (Lipinski definition) is 2. The van der Waals surface area contributed by atoms with Crippen LogP contribution in [0, 0.1) is 5.82 Å². The molecule has 0 atom stereocenters. The summed E-state index contributed by atoms with van der Waals surface area (Å²) in [6, 6.07) is 2.70. The lowest BCUT2D eigenvalue weighted by Crippen LogP contribution is -2.27.